The maximum atomic E-state index is 12.8. The first-order valence-electron chi connectivity index (χ1n) is 14.0. The molecule has 2 aliphatic heterocycles. The third-order valence-electron chi connectivity index (χ3n) is 6.77. The minimum atomic E-state index is -0.379. The quantitative estimate of drug-likeness (QED) is 0.114. The van der Waals surface area contributed by atoms with Crippen LogP contribution in [0, 0.1) is 0 Å². The van der Waals surface area contributed by atoms with Gasteiger partial charge in [0.15, 0.2) is 0 Å². The Labute approximate surface area is 239 Å². The average molecular weight is 576 g/mol. The largest absolute Gasteiger partial charge is 0.356 e. The number of fused-ring (bicyclic) bond motifs is 1. The monoisotopic (exact) mass is 575 g/mol. The molecule has 13 heteroatoms. The van der Waals surface area contributed by atoms with E-state index in [1.165, 1.54) is 18.2 Å². The zero-order chi connectivity index (χ0) is 28.9. The molecule has 1 aromatic carbocycles. The predicted molar refractivity (Wildman–Crippen MR) is 155 cm³/mol. The predicted octanol–water partition coefficient (Wildman–Crippen LogP) is 1.08. The molecule has 2 aliphatic rings. The topological polar surface area (TPSA) is 184 Å². The number of hydrogen-bond acceptors (Lipinski definition) is 7. The fourth-order valence-corrected chi connectivity index (χ4v) is 6.14. The molecule has 8 N–H and O–H groups in total. The molecule has 40 heavy (non-hydrogen) atoms. The number of unbranched alkanes of at least 4 members (excludes halogenated alkanes) is 1. The van der Waals surface area contributed by atoms with Gasteiger partial charge in [0.1, 0.15) is 0 Å². The molecule has 3 atom stereocenters. The molecule has 12 nitrogen and oxygen atoms in total. The maximum Gasteiger partial charge on any atom is 0.315 e. The second-order valence-corrected chi connectivity index (χ2v) is 11.2. The lowest BCUT2D eigenvalue weighted by Gasteiger charge is -2.16. The molecule has 220 valence electrons. The summed E-state index contributed by atoms with van der Waals surface area (Å²) in [6.45, 7) is 3.34. The fourth-order valence-electron chi connectivity index (χ4n) is 4.60. The Hall–Kier alpha value is -3.32. The van der Waals surface area contributed by atoms with Crippen molar-refractivity contribution < 1.29 is 24.0 Å². The van der Waals surface area contributed by atoms with E-state index in [1.54, 1.807) is 6.92 Å². The van der Waals surface area contributed by atoms with Crippen LogP contribution in [-0.2, 0) is 9.59 Å². The minimum absolute atomic E-state index is 0.0243. The molecule has 3 unspecified atom stereocenters. The molecule has 2 fully saturated rings. The number of urea groups is 1. The van der Waals surface area contributed by atoms with Gasteiger partial charge in [-0.3, -0.25) is 19.2 Å². The van der Waals surface area contributed by atoms with Crippen LogP contribution in [0.3, 0.4) is 0 Å². The summed E-state index contributed by atoms with van der Waals surface area (Å²) in [5.41, 5.74) is 6.36. The Balaban J connectivity index is 1.36. The van der Waals surface area contributed by atoms with E-state index < -0.39 is 0 Å². The third kappa shape index (κ3) is 9.70. The summed E-state index contributed by atoms with van der Waals surface area (Å²) in [5.74, 6) is -0.0586. The summed E-state index contributed by atoms with van der Waals surface area (Å²) in [5, 5.41) is 17.4. The molecule has 0 aromatic heterocycles. The highest BCUT2D eigenvalue weighted by Crippen LogP contribution is 2.33. The number of thioether (sulfide) groups is 1. The Bertz CT molecular complexity index is 1070. The molecule has 0 spiro atoms. The molecule has 2 heterocycles. The van der Waals surface area contributed by atoms with Crippen LogP contribution in [0.1, 0.15) is 72.6 Å². The van der Waals surface area contributed by atoms with Crippen LogP contribution >= 0.6 is 11.8 Å². The number of nitrogens with two attached hydrogens (primary N) is 1. The summed E-state index contributed by atoms with van der Waals surface area (Å²) in [7, 11) is 0. The Morgan fingerprint density at radius 2 is 1.57 bits per heavy atom. The van der Waals surface area contributed by atoms with Crippen molar-refractivity contribution in [2.24, 2.45) is 5.73 Å². The number of benzene rings is 1. The van der Waals surface area contributed by atoms with Gasteiger partial charge in [0.05, 0.1) is 12.1 Å². The number of carbonyl (C=O) groups excluding carboxylic acids is 5. The van der Waals surface area contributed by atoms with Crippen LogP contribution in [0.25, 0.3) is 0 Å². The smallest absolute Gasteiger partial charge is 0.315 e. The van der Waals surface area contributed by atoms with Gasteiger partial charge in [-0.25, -0.2) is 4.79 Å². The zero-order valence-corrected chi connectivity index (χ0v) is 23.8. The van der Waals surface area contributed by atoms with Crippen LogP contribution in [0.4, 0.5) is 10.5 Å². The van der Waals surface area contributed by atoms with E-state index in [9.17, 15) is 24.0 Å². The second kappa shape index (κ2) is 16.1. The number of anilines is 1. The molecule has 3 rings (SSSR count). The molecule has 6 amide bonds. The number of nitrogens with one attached hydrogen (secondary N) is 6. The summed E-state index contributed by atoms with van der Waals surface area (Å²) in [4.78, 5) is 60.8. The van der Waals surface area contributed by atoms with Gasteiger partial charge >= 0.3 is 6.03 Å². The molecule has 0 radical (unpaired) electrons. The third-order valence-corrected chi connectivity index (χ3v) is 8.28. The van der Waals surface area contributed by atoms with E-state index in [1.807, 2.05) is 11.8 Å². The molecule has 1 aromatic rings. The molecule has 0 saturated carbocycles. The minimum Gasteiger partial charge on any atom is -0.356 e. The van der Waals surface area contributed by atoms with Crippen molar-refractivity contribution in [3.8, 4) is 0 Å². The van der Waals surface area contributed by atoms with Gasteiger partial charge < -0.3 is 37.6 Å². The van der Waals surface area contributed by atoms with E-state index in [0.717, 1.165) is 25.0 Å². The second-order valence-electron chi connectivity index (χ2n) is 9.93. The molecule has 2 saturated heterocycles. The van der Waals surface area contributed by atoms with Crippen molar-refractivity contribution in [1.29, 1.82) is 0 Å². The van der Waals surface area contributed by atoms with E-state index in [2.05, 4.69) is 31.9 Å². The van der Waals surface area contributed by atoms with Gasteiger partial charge in [-0.2, -0.15) is 11.8 Å². The lowest BCUT2D eigenvalue weighted by molar-refractivity contribution is -0.121. The number of carbonyl (C=O) groups is 5. The van der Waals surface area contributed by atoms with E-state index >= 15 is 0 Å². The Kier molecular flexibility index (Phi) is 12.5. The summed E-state index contributed by atoms with van der Waals surface area (Å²) < 4.78 is 0. The van der Waals surface area contributed by atoms with Crippen molar-refractivity contribution in [1.82, 2.24) is 26.6 Å². The van der Waals surface area contributed by atoms with Gasteiger partial charge in [0.25, 0.3) is 11.8 Å². The van der Waals surface area contributed by atoms with Crippen LogP contribution in [0.15, 0.2) is 18.2 Å². The fraction of sp³-hybridized carbons (Fsp3) is 0.593. The van der Waals surface area contributed by atoms with Crippen LogP contribution in [0.5, 0.6) is 0 Å². The number of amides is 6. The highest BCUT2D eigenvalue weighted by molar-refractivity contribution is 8.00. The average Bonchev–Trinajstić information content (AvgIpc) is 3.49. The number of rotatable bonds is 16. The van der Waals surface area contributed by atoms with Crippen molar-refractivity contribution in [2.75, 3.05) is 37.2 Å². The summed E-state index contributed by atoms with van der Waals surface area (Å²) in [6, 6.07) is 4.86. The first-order chi connectivity index (χ1) is 19.3. The van der Waals surface area contributed by atoms with Gasteiger partial charge in [0.2, 0.25) is 11.8 Å². The molecule has 0 aliphatic carbocycles. The van der Waals surface area contributed by atoms with E-state index in [0.29, 0.717) is 56.4 Å². The number of hydrogen-bond donors (Lipinski definition) is 7. The Morgan fingerprint density at radius 3 is 2.25 bits per heavy atom. The summed E-state index contributed by atoms with van der Waals surface area (Å²) in [6.07, 6.45) is 4.54. The highest BCUT2D eigenvalue weighted by atomic mass is 32.2. The highest BCUT2D eigenvalue weighted by Gasteiger charge is 2.42. The summed E-state index contributed by atoms with van der Waals surface area (Å²) >= 11 is 1.87. The van der Waals surface area contributed by atoms with Crippen LogP contribution in [-0.4, -0.2) is 78.9 Å². The zero-order valence-electron chi connectivity index (χ0n) is 23.0. The van der Waals surface area contributed by atoms with E-state index in [4.69, 9.17) is 5.73 Å². The maximum absolute atomic E-state index is 12.8. The molecule has 0 bridgehead atoms. The van der Waals surface area contributed by atoms with Gasteiger partial charge in [0, 0.05) is 60.3 Å². The van der Waals surface area contributed by atoms with Crippen molar-refractivity contribution in [3.05, 3.63) is 29.3 Å². The van der Waals surface area contributed by atoms with Crippen LogP contribution in [0.2, 0.25) is 0 Å². The lowest BCUT2D eigenvalue weighted by Crippen LogP contribution is -2.36. The Morgan fingerprint density at radius 1 is 0.900 bits per heavy atom. The van der Waals surface area contributed by atoms with Gasteiger partial charge in [-0.05, 0) is 50.4 Å². The van der Waals surface area contributed by atoms with Gasteiger partial charge in [-0.15, -0.1) is 0 Å². The van der Waals surface area contributed by atoms with Crippen molar-refractivity contribution >= 4 is 47.1 Å². The van der Waals surface area contributed by atoms with E-state index in [-0.39, 0.29) is 59.3 Å². The first kappa shape index (κ1) is 31.2. The van der Waals surface area contributed by atoms with Crippen molar-refractivity contribution in [2.45, 2.75) is 69.2 Å². The first-order valence-corrected chi connectivity index (χ1v) is 15.0. The normalized spacial score (nSPS) is 19.2. The lowest BCUT2D eigenvalue weighted by atomic mass is 10.0. The molecular formula is C27H41N7O5S. The SMILES string of the molecule is CCC(=O)Nc1cc(C(=O)NCCCN)cc(C(=O)NCCCNC(=O)CCCCC2SCC3NC(=O)NC32)c1. The van der Waals surface area contributed by atoms with Crippen LogP contribution < -0.4 is 37.6 Å². The molecular weight excluding hydrogens is 534 g/mol. The van der Waals surface area contributed by atoms with Crippen molar-refractivity contribution in [3.63, 3.8) is 0 Å². The van der Waals surface area contributed by atoms with Gasteiger partial charge in [-0.1, -0.05) is 13.3 Å². The standard InChI is InChI=1S/C27H41N7O5S/c1-2-22(35)32-19-14-17(25(37)30-10-5-9-28)13-18(15-19)26(38)31-12-6-11-29-23(36)8-4-3-7-21-24-20(16-40-21)33-27(39)34-24/h13-15,20-21,24H,2-12,16,28H2,1H3,(H,29,36)(H,30,37)(H,31,38)(H,32,35)(H2,33,34,39).